The van der Waals surface area contributed by atoms with Crippen molar-refractivity contribution in [2.75, 3.05) is 5.33 Å². The van der Waals surface area contributed by atoms with Gasteiger partial charge in [-0.15, -0.1) is 0 Å². The number of rotatable bonds is 2. The van der Waals surface area contributed by atoms with E-state index in [-0.39, 0.29) is 6.10 Å². The predicted molar refractivity (Wildman–Crippen MR) is 49.9 cm³/mol. The zero-order valence-corrected chi connectivity index (χ0v) is 8.01. The molecule has 1 aromatic rings. The standard InChI is InChI=1S/C9H11BrO/c1-7-3-2-4-8(5-7)9(11)6-10/h2-5,9,11H,6H2,1H3/t9-/m1/s1. The average molecular weight is 215 g/mol. The molecule has 0 amide bonds. The lowest BCUT2D eigenvalue weighted by Gasteiger charge is -2.06. The Labute approximate surface area is 75.2 Å². The topological polar surface area (TPSA) is 20.2 Å². The van der Waals surface area contributed by atoms with Crippen LogP contribution in [0.3, 0.4) is 0 Å². The van der Waals surface area contributed by atoms with Crippen molar-refractivity contribution >= 4 is 15.9 Å². The highest BCUT2D eigenvalue weighted by molar-refractivity contribution is 9.09. The average Bonchev–Trinajstić information content (AvgIpc) is 2.03. The molecule has 1 atom stereocenters. The number of halogens is 1. The Morgan fingerprint density at radius 2 is 2.27 bits per heavy atom. The monoisotopic (exact) mass is 214 g/mol. The summed E-state index contributed by atoms with van der Waals surface area (Å²) in [6, 6.07) is 7.89. The highest BCUT2D eigenvalue weighted by Crippen LogP contribution is 2.15. The van der Waals surface area contributed by atoms with Gasteiger partial charge in [0.25, 0.3) is 0 Å². The molecular weight excluding hydrogens is 204 g/mol. The van der Waals surface area contributed by atoms with Crippen molar-refractivity contribution in [2.24, 2.45) is 0 Å². The summed E-state index contributed by atoms with van der Waals surface area (Å²) < 4.78 is 0. The first kappa shape index (κ1) is 8.75. The molecule has 1 aromatic carbocycles. The molecule has 0 saturated carbocycles. The van der Waals surface area contributed by atoms with Gasteiger partial charge in [-0.25, -0.2) is 0 Å². The van der Waals surface area contributed by atoms with Crippen molar-refractivity contribution in [1.82, 2.24) is 0 Å². The summed E-state index contributed by atoms with van der Waals surface area (Å²) >= 11 is 3.23. The zero-order chi connectivity index (χ0) is 8.27. The molecule has 60 valence electrons. The van der Waals surface area contributed by atoms with E-state index in [1.54, 1.807) is 0 Å². The van der Waals surface area contributed by atoms with Gasteiger partial charge in [0.2, 0.25) is 0 Å². The van der Waals surface area contributed by atoms with Crippen molar-refractivity contribution in [2.45, 2.75) is 13.0 Å². The zero-order valence-electron chi connectivity index (χ0n) is 6.42. The summed E-state index contributed by atoms with van der Waals surface area (Å²) in [5.74, 6) is 0. The quantitative estimate of drug-likeness (QED) is 0.751. The van der Waals surface area contributed by atoms with E-state index in [0.29, 0.717) is 5.33 Å². The molecule has 0 unspecified atom stereocenters. The molecule has 1 N–H and O–H groups in total. The van der Waals surface area contributed by atoms with E-state index in [4.69, 9.17) is 0 Å². The minimum absolute atomic E-state index is 0.380. The van der Waals surface area contributed by atoms with Crippen LogP contribution in [0.5, 0.6) is 0 Å². The van der Waals surface area contributed by atoms with Crippen LogP contribution in [0.4, 0.5) is 0 Å². The van der Waals surface area contributed by atoms with Crippen molar-refractivity contribution in [1.29, 1.82) is 0 Å². The van der Waals surface area contributed by atoms with Gasteiger partial charge < -0.3 is 5.11 Å². The van der Waals surface area contributed by atoms with E-state index < -0.39 is 0 Å². The van der Waals surface area contributed by atoms with E-state index in [1.165, 1.54) is 5.56 Å². The summed E-state index contributed by atoms with van der Waals surface area (Å²) in [6.07, 6.45) is -0.380. The SMILES string of the molecule is Cc1cccc([C@H](O)CBr)c1. The van der Waals surface area contributed by atoms with Gasteiger partial charge in [-0.3, -0.25) is 0 Å². The first-order valence-electron chi connectivity index (χ1n) is 3.54. The van der Waals surface area contributed by atoms with Crippen LogP contribution in [0.2, 0.25) is 0 Å². The van der Waals surface area contributed by atoms with Gasteiger partial charge in [0.1, 0.15) is 0 Å². The summed E-state index contributed by atoms with van der Waals surface area (Å²) in [4.78, 5) is 0. The van der Waals surface area contributed by atoms with Crippen LogP contribution in [0.15, 0.2) is 24.3 Å². The highest BCUT2D eigenvalue weighted by Gasteiger charge is 2.03. The Hall–Kier alpha value is -0.340. The molecule has 0 aliphatic rings. The Morgan fingerprint density at radius 1 is 1.55 bits per heavy atom. The fraction of sp³-hybridized carbons (Fsp3) is 0.333. The Kier molecular flexibility index (Phi) is 3.09. The number of hydrogen-bond donors (Lipinski definition) is 1. The molecule has 0 fully saturated rings. The van der Waals surface area contributed by atoms with E-state index in [1.807, 2.05) is 31.2 Å². The molecule has 1 nitrogen and oxygen atoms in total. The van der Waals surface area contributed by atoms with Gasteiger partial charge in [-0.2, -0.15) is 0 Å². The van der Waals surface area contributed by atoms with Crippen molar-refractivity contribution in [3.05, 3.63) is 35.4 Å². The maximum absolute atomic E-state index is 9.41. The number of aliphatic hydroxyl groups is 1. The minimum atomic E-state index is -0.380. The second-order valence-corrected chi connectivity index (χ2v) is 3.23. The fourth-order valence-corrected chi connectivity index (χ4v) is 1.34. The Balaban J connectivity index is 2.86. The van der Waals surface area contributed by atoms with Crippen molar-refractivity contribution in [3.63, 3.8) is 0 Å². The number of alkyl halides is 1. The third-order valence-electron chi connectivity index (χ3n) is 1.57. The largest absolute Gasteiger partial charge is 0.388 e. The molecule has 0 bridgehead atoms. The van der Waals surface area contributed by atoms with E-state index in [0.717, 1.165) is 5.56 Å². The summed E-state index contributed by atoms with van der Waals surface area (Å²) in [5.41, 5.74) is 2.16. The molecule has 0 heterocycles. The molecule has 0 spiro atoms. The second kappa shape index (κ2) is 3.88. The normalized spacial score (nSPS) is 13.0. The van der Waals surface area contributed by atoms with Crippen LogP contribution < -0.4 is 0 Å². The van der Waals surface area contributed by atoms with Gasteiger partial charge in [0.15, 0.2) is 0 Å². The smallest absolute Gasteiger partial charge is 0.0886 e. The molecule has 0 aliphatic carbocycles. The van der Waals surface area contributed by atoms with E-state index in [2.05, 4.69) is 15.9 Å². The third kappa shape index (κ3) is 2.31. The number of hydrogen-bond acceptors (Lipinski definition) is 1. The molecule has 1 rings (SSSR count). The first-order valence-corrected chi connectivity index (χ1v) is 4.67. The molecule has 0 radical (unpaired) electrons. The fourth-order valence-electron chi connectivity index (χ4n) is 0.966. The Morgan fingerprint density at radius 3 is 2.82 bits per heavy atom. The highest BCUT2D eigenvalue weighted by atomic mass is 79.9. The van der Waals surface area contributed by atoms with Gasteiger partial charge in [-0.05, 0) is 12.5 Å². The van der Waals surface area contributed by atoms with Gasteiger partial charge in [0.05, 0.1) is 6.10 Å². The van der Waals surface area contributed by atoms with E-state index >= 15 is 0 Å². The molecule has 0 aliphatic heterocycles. The number of benzene rings is 1. The predicted octanol–water partition coefficient (Wildman–Crippen LogP) is 2.42. The minimum Gasteiger partial charge on any atom is -0.388 e. The summed E-state index contributed by atoms with van der Waals surface area (Å²) in [6.45, 7) is 2.02. The molecule has 11 heavy (non-hydrogen) atoms. The lowest BCUT2D eigenvalue weighted by molar-refractivity contribution is 0.205. The lowest BCUT2D eigenvalue weighted by Crippen LogP contribution is -1.97. The summed E-state index contributed by atoms with van der Waals surface area (Å²) in [7, 11) is 0. The van der Waals surface area contributed by atoms with Crippen LogP contribution >= 0.6 is 15.9 Å². The van der Waals surface area contributed by atoms with Gasteiger partial charge >= 0.3 is 0 Å². The van der Waals surface area contributed by atoms with Gasteiger partial charge in [-0.1, -0.05) is 45.8 Å². The van der Waals surface area contributed by atoms with Crippen LogP contribution in [-0.4, -0.2) is 10.4 Å². The summed E-state index contributed by atoms with van der Waals surface area (Å²) in [5, 5.41) is 10.0. The van der Waals surface area contributed by atoms with Crippen LogP contribution in [-0.2, 0) is 0 Å². The third-order valence-corrected chi connectivity index (χ3v) is 2.19. The first-order chi connectivity index (χ1) is 5.24. The second-order valence-electron chi connectivity index (χ2n) is 2.58. The molecule has 0 aromatic heterocycles. The van der Waals surface area contributed by atoms with E-state index in [9.17, 15) is 5.11 Å². The molecular formula is C9H11BrO. The van der Waals surface area contributed by atoms with Crippen LogP contribution in [0, 0.1) is 6.92 Å². The molecule has 0 saturated heterocycles. The van der Waals surface area contributed by atoms with Crippen molar-refractivity contribution < 1.29 is 5.11 Å². The number of aryl methyl sites for hydroxylation is 1. The van der Waals surface area contributed by atoms with Crippen molar-refractivity contribution in [3.8, 4) is 0 Å². The maximum Gasteiger partial charge on any atom is 0.0886 e. The van der Waals surface area contributed by atoms with Crippen LogP contribution in [0.25, 0.3) is 0 Å². The van der Waals surface area contributed by atoms with Gasteiger partial charge in [0, 0.05) is 5.33 Å². The number of aliphatic hydroxyl groups excluding tert-OH is 1. The Bertz CT molecular complexity index is 235. The molecule has 2 heteroatoms. The lowest BCUT2D eigenvalue weighted by atomic mass is 10.1. The van der Waals surface area contributed by atoms with Crippen LogP contribution in [0.1, 0.15) is 17.2 Å². The maximum atomic E-state index is 9.41.